The molecule has 43 heavy (non-hydrogen) atoms. The zero-order chi connectivity index (χ0) is 35.8. The quantitative estimate of drug-likeness (QED) is 0.180. The van der Waals surface area contributed by atoms with Crippen LogP contribution in [0.1, 0.15) is 0 Å². The molecule has 0 aliphatic rings. The van der Waals surface area contributed by atoms with E-state index in [0.29, 0.717) is 0 Å². The maximum atomic E-state index is 8.25. The predicted octanol–water partition coefficient (Wildman–Crippen LogP) is -2.39. The molecule has 0 saturated heterocycles. The van der Waals surface area contributed by atoms with E-state index in [1.807, 2.05) is 0 Å². The van der Waals surface area contributed by atoms with Crippen LogP contribution >= 0.6 is 0 Å². The summed E-state index contributed by atoms with van der Waals surface area (Å²) < 4.78 is 0. The number of rotatable bonds is 0. The van der Waals surface area contributed by atoms with Crippen LogP contribution in [0.3, 0.4) is 0 Å². The van der Waals surface area contributed by atoms with E-state index >= 15 is 0 Å². The van der Waals surface area contributed by atoms with Gasteiger partial charge in [0.25, 0.3) is 0 Å². The fourth-order valence-corrected chi connectivity index (χ4v) is 0. The topological polar surface area (TPSA) is 662 Å². The van der Waals surface area contributed by atoms with E-state index in [1.165, 1.54) is 0 Å². The monoisotopic (exact) mass is 992 g/mol. The van der Waals surface area contributed by atoms with Gasteiger partial charge in [-0.3, -0.25) is 0 Å². The Morgan fingerprint density at radius 3 is 0.209 bits per heavy atom. The fraction of sp³-hybridized carbons (Fsp3) is 0. The zero-order valence-corrected chi connectivity index (χ0v) is 27.0. The molecule has 0 heterocycles. The van der Waals surface area contributed by atoms with Crippen molar-refractivity contribution < 1.29 is 160 Å². The van der Waals surface area contributed by atoms with Crippen LogP contribution in [0.4, 0.5) is 0 Å². The Bertz CT molecular complexity index is 482. The maximum Gasteiger partial charge on any atom is 4.00 e. The van der Waals surface area contributed by atoms with E-state index in [4.69, 9.17) is 153 Å². The van der Waals surface area contributed by atoms with Gasteiger partial charge in [-0.25, -0.2) is 0 Å². The van der Waals surface area contributed by atoms with Gasteiger partial charge in [-0.1, -0.05) is 0 Å². The zero-order valence-electron chi connectivity index (χ0n) is 18.2. The van der Waals surface area contributed by atoms with Crippen molar-refractivity contribution in [3.05, 3.63) is 153 Å². The van der Waals surface area contributed by atoms with Crippen molar-refractivity contribution in [2.24, 2.45) is 0 Å². The molecule has 40 nitrogen and oxygen atoms in total. The van der Waals surface area contributed by atoms with Crippen LogP contribution in [-0.2, 0) is 26.2 Å². The van der Waals surface area contributed by atoms with Crippen LogP contribution in [0.5, 0.6) is 0 Å². The fourth-order valence-electron chi connectivity index (χ4n) is 0. The van der Waals surface area contributed by atoms with Crippen molar-refractivity contribution >= 4 is 0 Å². The summed E-state index contributed by atoms with van der Waals surface area (Å²) in [6.45, 7) is 0. The molecular formula is CeN10NdO30Zr. The first-order chi connectivity index (χ1) is 17.3. The normalized spacial score (nSPS) is 5.58. The third kappa shape index (κ3) is 2480. The maximum absolute atomic E-state index is 8.25. The SMILES string of the molecule is O=[N+]([O-])[O-].O=[N+]([O-])[O-].O=[N+]([O-])[O-].O=[N+]([O-])[O-].O=[N+]([O-])[O-].O=[N+]([O-])[O-].O=[N+]([O-])[O-].O=[N+]([O-])[O-].O=[N+]([O-])[O-].O=[N+]([O-])[O-].[Ce+3].[Nd+3].[Zr+4]. The Kier molecular flexibility index (Phi) is 149. The Labute approximate surface area is 310 Å². The molecule has 0 atom stereocenters. The van der Waals surface area contributed by atoms with Crippen LogP contribution in [0, 0.1) is 236 Å². The van der Waals surface area contributed by atoms with E-state index in [9.17, 15) is 0 Å². The molecular weight excluding hydrogens is 996 g/mol. The molecule has 0 aliphatic carbocycles. The average Bonchev–Trinajstić information content (AvgIpc) is 2.47. The summed E-state index contributed by atoms with van der Waals surface area (Å²) in [6.07, 6.45) is 0. The van der Waals surface area contributed by atoms with Crippen molar-refractivity contribution in [1.29, 1.82) is 0 Å². The molecule has 0 aliphatic heterocycles. The molecule has 0 aromatic carbocycles. The van der Waals surface area contributed by atoms with Gasteiger partial charge in [-0.2, -0.15) is 0 Å². The predicted molar refractivity (Wildman–Crippen MR) is 104 cm³/mol. The first-order valence-electron chi connectivity index (χ1n) is 5.48. The van der Waals surface area contributed by atoms with Crippen LogP contribution in [0.15, 0.2) is 0 Å². The van der Waals surface area contributed by atoms with E-state index < -0.39 is 50.9 Å². The van der Waals surface area contributed by atoms with Crippen molar-refractivity contribution in [2.45, 2.75) is 0 Å². The molecule has 0 saturated carbocycles. The number of hydrogen-bond acceptors (Lipinski definition) is 30. The molecule has 242 valence electrons. The van der Waals surface area contributed by atoms with Gasteiger partial charge in [-0.05, 0) is 0 Å². The largest absolute Gasteiger partial charge is 4.00 e. The summed E-state index contributed by atoms with van der Waals surface area (Å²) >= 11 is 0. The molecule has 0 aromatic rings. The standard InChI is InChI=1S/Ce.10NO3.Nd.Zr/c;10*2-1(3)4;;/q+3;10*-1;+3;+4. The minimum absolute atomic E-state index is 0. The smallest absolute Gasteiger partial charge is 0.356 e. The summed E-state index contributed by atoms with van der Waals surface area (Å²) in [5.41, 5.74) is 0. The van der Waals surface area contributed by atoms with Gasteiger partial charge in [0.15, 0.2) is 0 Å². The van der Waals surface area contributed by atoms with E-state index in [2.05, 4.69) is 0 Å². The molecule has 0 bridgehead atoms. The Morgan fingerprint density at radius 2 is 0.209 bits per heavy atom. The van der Waals surface area contributed by atoms with Gasteiger partial charge in [0, 0.05) is 0 Å². The van der Waals surface area contributed by atoms with Crippen molar-refractivity contribution in [1.82, 2.24) is 0 Å². The molecule has 0 rings (SSSR count). The molecule has 0 amide bonds. The minimum atomic E-state index is -1.75. The minimum Gasteiger partial charge on any atom is -0.356 e. The van der Waals surface area contributed by atoms with Crippen LogP contribution in [0.25, 0.3) is 0 Å². The summed E-state index contributed by atoms with van der Waals surface area (Å²) in [4.78, 5) is 82.5. The molecule has 0 fully saturated rings. The molecule has 0 aromatic heterocycles. The van der Waals surface area contributed by atoms with Crippen LogP contribution in [0.2, 0.25) is 0 Å². The van der Waals surface area contributed by atoms with Crippen molar-refractivity contribution in [3.63, 3.8) is 0 Å². The molecule has 0 spiro atoms. The van der Waals surface area contributed by atoms with Crippen molar-refractivity contribution in [2.75, 3.05) is 0 Å². The van der Waals surface area contributed by atoms with E-state index in [-0.39, 0.29) is 109 Å². The summed E-state index contributed by atoms with van der Waals surface area (Å²) in [7, 11) is 0. The molecule has 43 heteroatoms. The number of nitrogens with zero attached hydrogens (tertiary/aromatic N) is 10. The van der Waals surface area contributed by atoms with Crippen molar-refractivity contribution in [3.8, 4) is 0 Å². The average molecular weight is 996 g/mol. The molecule has 2 radical (unpaired) electrons. The van der Waals surface area contributed by atoms with Crippen LogP contribution < -0.4 is 0 Å². The Hall–Kier alpha value is -4.39. The number of hydrogen-bond donors (Lipinski definition) is 0. The first-order valence-corrected chi connectivity index (χ1v) is 5.48. The molecule has 0 unspecified atom stereocenters. The van der Waals surface area contributed by atoms with Gasteiger partial charge in [0.05, 0.1) is 50.9 Å². The summed E-state index contributed by atoms with van der Waals surface area (Å²) in [6, 6.07) is 0. The first kappa shape index (κ1) is 83.3. The van der Waals surface area contributed by atoms with Gasteiger partial charge in [0.1, 0.15) is 0 Å². The van der Waals surface area contributed by atoms with E-state index in [1.54, 1.807) is 0 Å². The Morgan fingerprint density at radius 1 is 0.209 bits per heavy atom. The van der Waals surface area contributed by atoms with Crippen LogP contribution in [-0.4, -0.2) is 50.9 Å². The third-order valence-electron chi connectivity index (χ3n) is 0. The van der Waals surface area contributed by atoms with Gasteiger partial charge in [-0.15, -0.1) is 0 Å². The second kappa shape index (κ2) is 76.9. The Balaban J connectivity index is -0.0000000210. The molecule has 0 N–H and O–H groups in total. The van der Waals surface area contributed by atoms with Gasteiger partial charge in [0.2, 0.25) is 0 Å². The van der Waals surface area contributed by atoms with Gasteiger partial charge >= 0.3 is 109 Å². The summed E-state index contributed by atoms with van der Waals surface area (Å²) in [5.74, 6) is 0. The van der Waals surface area contributed by atoms with E-state index in [0.717, 1.165) is 0 Å². The summed E-state index contributed by atoms with van der Waals surface area (Å²) in [5, 5.41) is 148. The third-order valence-corrected chi connectivity index (χ3v) is 0. The second-order valence-corrected chi connectivity index (χ2v) is 2.24. The second-order valence-electron chi connectivity index (χ2n) is 2.24. The van der Waals surface area contributed by atoms with Gasteiger partial charge < -0.3 is 153 Å².